The third-order valence-electron chi connectivity index (χ3n) is 2.84. The largest absolute Gasteiger partial charge is 0.486 e. The second-order valence-electron chi connectivity index (χ2n) is 3.98. The first kappa shape index (κ1) is 10.3. The van der Waals surface area contributed by atoms with E-state index in [4.69, 9.17) is 4.74 Å². The van der Waals surface area contributed by atoms with Crippen molar-refractivity contribution < 1.29 is 4.74 Å². The van der Waals surface area contributed by atoms with E-state index >= 15 is 0 Å². The molecule has 0 saturated carbocycles. The van der Waals surface area contributed by atoms with Gasteiger partial charge in [-0.15, -0.1) is 0 Å². The SMILES string of the molecule is CCc1ccccc1OC1C=CCCC1. The molecule has 0 aliphatic heterocycles. The molecule has 1 aliphatic carbocycles. The van der Waals surface area contributed by atoms with Gasteiger partial charge in [-0.2, -0.15) is 0 Å². The normalized spacial score (nSPS) is 20.2. The van der Waals surface area contributed by atoms with Crippen molar-refractivity contribution in [3.63, 3.8) is 0 Å². The Kier molecular flexibility index (Phi) is 3.44. The number of allylic oxidation sites excluding steroid dienone is 1. The summed E-state index contributed by atoms with van der Waals surface area (Å²) < 4.78 is 5.99. The van der Waals surface area contributed by atoms with Crippen molar-refractivity contribution in [1.29, 1.82) is 0 Å². The molecule has 80 valence electrons. The quantitative estimate of drug-likeness (QED) is 0.678. The van der Waals surface area contributed by atoms with E-state index in [0.717, 1.165) is 18.6 Å². The Balaban J connectivity index is 2.09. The molecule has 0 heterocycles. The van der Waals surface area contributed by atoms with Crippen LogP contribution in [0.25, 0.3) is 0 Å². The molecule has 1 unspecified atom stereocenters. The maximum absolute atomic E-state index is 5.99. The third kappa shape index (κ3) is 2.62. The molecule has 1 atom stereocenters. The van der Waals surface area contributed by atoms with Crippen LogP contribution in [0.2, 0.25) is 0 Å². The first-order valence-corrected chi connectivity index (χ1v) is 5.81. The maximum Gasteiger partial charge on any atom is 0.123 e. The molecular formula is C14H18O. The number of hydrogen-bond donors (Lipinski definition) is 0. The van der Waals surface area contributed by atoms with Crippen molar-refractivity contribution in [1.82, 2.24) is 0 Å². The predicted octanol–water partition coefficient (Wildman–Crippen LogP) is 3.74. The van der Waals surface area contributed by atoms with Gasteiger partial charge in [-0.25, -0.2) is 0 Å². The van der Waals surface area contributed by atoms with Crippen molar-refractivity contribution >= 4 is 0 Å². The molecular weight excluding hydrogens is 184 g/mol. The summed E-state index contributed by atoms with van der Waals surface area (Å²) in [5.41, 5.74) is 1.30. The molecule has 0 spiro atoms. The van der Waals surface area contributed by atoms with Gasteiger partial charge in [0.05, 0.1) is 0 Å². The number of rotatable bonds is 3. The van der Waals surface area contributed by atoms with Gasteiger partial charge >= 0.3 is 0 Å². The Labute approximate surface area is 91.8 Å². The third-order valence-corrected chi connectivity index (χ3v) is 2.84. The van der Waals surface area contributed by atoms with Gasteiger partial charge in [0.1, 0.15) is 11.9 Å². The number of aryl methyl sites for hydroxylation is 1. The van der Waals surface area contributed by atoms with Crippen molar-refractivity contribution in [2.45, 2.75) is 38.7 Å². The zero-order valence-electron chi connectivity index (χ0n) is 9.28. The minimum Gasteiger partial charge on any atom is -0.486 e. The van der Waals surface area contributed by atoms with Crippen LogP contribution in [0.1, 0.15) is 31.7 Å². The van der Waals surface area contributed by atoms with Crippen LogP contribution in [0.3, 0.4) is 0 Å². The molecule has 0 radical (unpaired) electrons. The lowest BCUT2D eigenvalue weighted by Gasteiger charge is -2.20. The Morgan fingerprint density at radius 1 is 1.33 bits per heavy atom. The minimum absolute atomic E-state index is 0.284. The van der Waals surface area contributed by atoms with Gasteiger partial charge in [0.2, 0.25) is 0 Å². The standard InChI is InChI=1S/C14H18O/c1-2-12-8-6-7-11-14(12)15-13-9-4-3-5-10-13/h4,6-9,11,13H,2-3,5,10H2,1H3. The monoisotopic (exact) mass is 202 g/mol. The molecule has 0 saturated heterocycles. The summed E-state index contributed by atoms with van der Waals surface area (Å²) in [5, 5.41) is 0. The Morgan fingerprint density at radius 3 is 2.93 bits per heavy atom. The van der Waals surface area contributed by atoms with Gasteiger partial charge < -0.3 is 4.74 Å². The number of hydrogen-bond acceptors (Lipinski definition) is 1. The van der Waals surface area contributed by atoms with Crippen LogP contribution in [0.4, 0.5) is 0 Å². The smallest absolute Gasteiger partial charge is 0.123 e. The summed E-state index contributed by atoms with van der Waals surface area (Å²) in [6.45, 7) is 2.17. The molecule has 0 N–H and O–H groups in total. The fourth-order valence-corrected chi connectivity index (χ4v) is 1.95. The lowest BCUT2D eigenvalue weighted by Crippen LogP contribution is -2.16. The first-order valence-electron chi connectivity index (χ1n) is 5.81. The Bertz CT molecular complexity index is 341. The summed E-state index contributed by atoms with van der Waals surface area (Å²) in [7, 11) is 0. The highest BCUT2D eigenvalue weighted by atomic mass is 16.5. The van der Waals surface area contributed by atoms with Gasteiger partial charge in [0.15, 0.2) is 0 Å². The van der Waals surface area contributed by atoms with E-state index in [2.05, 4.69) is 37.3 Å². The van der Waals surface area contributed by atoms with E-state index in [1.54, 1.807) is 0 Å². The lowest BCUT2D eigenvalue weighted by molar-refractivity contribution is 0.228. The van der Waals surface area contributed by atoms with E-state index in [1.165, 1.54) is 18.4 Å². The molecule has 15 heavy (non-hydrogen) atoms. The number of ether oxygens (including phenoxy) is 1. The predicted molar refractivity (Wildman–Crippen MR) is 63.2 cm³/mol. The topological polar surface area (TPSA) is 9.23 Å². The fraction of sp³-hybridized carbons (Fsp3) is 0.429. The maximum atomic E-state index is 5.99. The second kappa shape index (κ2) is 5.01. The van der Waals surface area contributed by atoms with Crippen LogP contribution < -0.4 is 4.74 Å². The number of benzene rings is 1. The highest BCUT2D eigenvalue weighted by molar-refractivity contribution is 5.33. The van der Waals surface area contributed by atoms with Crippen molar-refractivity contribution in [3.8, 4) is 5.75 Å². The van der Waals surface area contributed by atoms with Crippen LogP contribution in [0.5, 0.6) is 5.75 Å². The second-order valence-corrected chi connectivity index (χ2v) is 3.98. The fourth-order valence-electron chi connectivity index (χ4n) is 1.95. The van der Waals surface area contributed by atoms with Gasteiger partial charge in [-0.05, 0) is 43.4 Å². The molecule has 0 bridgehead atoms. The summed E-state index contributed by atoms with van der Waals surface area (Å²) in [5.74, 6) is 1.05. The molecule has 1 nitrogen and oxygen atoms in total. The van der Waals surface area contributed by atoms with Gasteiger partial charge in [-0.1, -0.05) is 31.2 Å². The summed E-state index contributed by atoms with van der Waals surface area (Å²) in [6.07, 6.45) is 9.33. The molecule has 0 aromatic heterocycles. The Morgan fingerprint density at radius 2 is 2.20 bits per heavy atom. The van der Waals surface area contributed by atoms with E-state index in [-0.39, 0.29) is 6.10 Å². The minimum atomic E-state index is 0.284. The zero-order chi connectivity index (χ0) is 10.5. The van der Waals surface area contributed by atoms with Crippen LogP contribution in [0, 0.1) is 0 Å². The van der Waals surface area contributed by atoms with Crippen molar-refractivity contribution in [3.05, 3.63) is 42.0 Å². The van der Waals surface area contributed by atoms with E-state index in [1.807, 2.05) is 6.07 Å². The van der Waals surface area contributed by atoms with E-state index in [0.29, 0.717) is 0 Å². The van der Waals surface area contributed by atoms with Gasteiger partial charge in [-0.3, -0.25) is 0 Å². The molecule has 2 rings (SSSR count). The summed E-state index contributed by atoms with van der Waals surface area (Å²) in [4.78, 5) is 0. The zero-order valence-corrected chi connectivity index (χ0v) is 9.28. The molecule has 0 amide bonds. The summed E-state index contributed by atoms with van der Waals surface area (Å²) >= 11 is 0. The van der Waals surface area contributed by atoms with Crippen LogP contribution in [-0.4, -0.2) is 6.10 Å². The van der Waals surface area contributed by atoms with Crippen LogP contribution in [0.15, 0.2) is 36.4 Å². The molecule has 1 aromatic carbocycles. The highest BCUT2D eigenvalue weighted by Crippen LogP contribution is 2.23. The van der Waals surface area contributed by atoms with Crippen LogP contribution in [-0.2, 0) is 6.42 Å². The Hall–Kier alpha value is -1.24. The molecule has 1 heteroatoms. The highest BCUT2D eigenvalue weighted by Gasteiger charge is 2.11. The average Bonchev–Trinajstić information content (AvgIpc) is 2.31. The van der Waals surface area contributed by atoms with Crippen molar-refractivity contribution in [2.24, 2.45) is 0 Å². The lowest BCUT2D eigenvalue weighted by atomic mass is 10.1. The summed E-state index contributed by atoms with van der Waals surface area (Å²) in [6, 6.07) is 8.33. The van der Waals surface area contributed by atoms with E-state index < -0.39 is 0 Å². The van der Waals surface area contributed by atoms with Crippen LogP contribution >= 0.6 is 0 Å². The average molecular weight is 202 g/mol. The van der Waals surface area contributed by atoms with Crippen molar-refractivity contribution in [2.75, 3.05) is 0 Å². The van der Waals surface area contributed by atoms with Gasteiger partial charge in [0, 0.05) is 0 Å². The first-order chi connectivity index (χ1) is 7.40. The van der Waals surface area contributed by atoms with E-state index in [9.17, 15) is 0 Å². The molecule has 1 aromatic rings. The van der Waals surface area contributed by atoms with Gasteiger partial charge in [0.25, 0.3) is 0 Å². The molecule has 0 fully saturated rings. The number of para-hydroxylation sites is 1. The molecule has 1 aliphatic rings.